The van der Waals surface area contributed by atoms with Crippen molar-refractivity contribution in [1.82, 2.24) is 19.5 Å². The van der Waals surface area contributed by atoms with Gasteiger partial charge in [-0.25, -0.2) is 8.42 Å². The second-order valence-corrected chi connectivity index (χ2v) is 12.2. The molecule has 0 radical (unpaired) electrons. The molecule has 2 aliphatic heterocycles. The van der Waals surface area contributed by atoms with Crippen molar-refractivity contribution < 1.29 is 27.2 Å². The van der Waals surface area contributed by atoms with E-state index in [1.807, 2.05) is 0 Å². The summed E-state index contributed by atoms with van der Waals surface area (Å²) < 4.78 is 32.7. The molecular weight excluding hydrogens is 496 g/mol. The number of hydrogen-bond donors (Lipinski definition) is 1. The Morgan fingerprint density at radius 2 is 1.97 bits per heavy atom. The van der Waals surface area contributed by atoms with Gasteiger partial charge in [-0.05, 0) is 36.5 Å². The van der Waals surface area contributed by atoms with Crippen LogP contribution < -0.4 is 5.32 Å². The van der Waals surface area contributed by atoms with Gasteiger partial charge in [-0.1, -0.05) is 38.2 Å². The Hall–Kier alpha value is -3.05. The lowest BCUT2D eigenvalue weighted by atomic mass is 9.84. The van der Waals surface area contributed by atoms with Gasteiger partial charge in [-0.3, -0.25) is 19.4 Å². The number of aromatic nitrogens is 1. The summed E-state index contributed by atoms with van der Waals surface area (Å²) in [5.74, 6) is -0.965. The SMILES string of the molecule is O=C(NC(CC1CCCCC1)C(=O)N1CCC2C1C(=O)CN2S(=O)(=O)Cc1cccnc1)c1ccoc1. The maximum atomic E-state index is 13.8. The normalized spacial score (nSPS) is 23.7. The fraction of sp³-hybridized carbons (Fsp3) is 0.538. The number of furan rings is 1. The van der Waals surface area contributed by atoms with Crippen molar-refractivity contribution in [1.29, 1.82) is 0 Å². The smallest absolute Gasteiger partial charge is 0.255 e. The Labute approximate surface area is 216 Å². The molecule has 0 bridgehead atoms. The molecule has 2 aromatic rings. The highest BCUT2D eigenvalue weighted by atomic mass is 32.2. The van der Waals surface area contributed by atoms with Crippen molar-refractivity contribution in [2.75, 3.05) is 13.1 Å². The van der Waals surface area contributed by atoms with E-state index in [9.17, 15) is 22.8 Å². The maximum absolute atomic E-state index is 13.8. The first-order valence-corrected chi connectivity index (χ1v) is 14.5. The summed E-state index contributed by atoms with van der Waals surface area (Å²) in [4.78, 5) is 45.2. The molecule has 2 aromatic heterocycles. The number of hydrogen-bond acceptors (Lipinski definition) is 7. The molecule has 3 aliphatic rings. The van der Waals surface area contributed by atoms with Crippen LogP contribution >= 0.6 is 0 Å². The summed E-state index contributed by atoms with van der Waals surface area (Å²) in [6.45, 7) is 0.0119. The summed E-state index contributed by atoms with van der Waals surface area (Å²) in [7, 11) is -3.79. The number of Topliss-reactive ketones (excluding diaryl/α,β-unsaturated/α-hetero) is 1. The molecule has 198 valence electrons. The zero-order chi connectivity index (χ0) is 26.0. The Morgan fingerprint density at radius 1 is 1.16 bits per heavy atom. The van der Waals surface area contributed by atoms with Crippen molar-refractivity contribution in [2.24, 2.45) is 5.92 Å². The molecule has 2 saturated heterocycles. The van der Waals surface area contributed by atoms with Crippen LogP contribution in [0.3, 0.4) is 0 Å². The Balaban J connectivity index is 1.33. The zero-order valence-electron chi connectivity index (χ0n) is 20.6. The number of rotatable bonds is 8. The number of likely N-dealkylation sites (tertiary alicyclic amines) is 1. The minimum absolute atomic E-state index is 0.254. The van der Waals surface area contributed by atoms with Gasteiger partial charge in [0.25, 0.3) is 5.91 Å². The van der Waals surface area contributed by atoms with E-state index in [0.717, 1.165) is 25.7 Å². The zero-order valence-corrected chi connectivity index (χ0v) is 21.4. The van der Waals surface area contributed by atoms with Crippen molar-refractivity contribution in [3.05, 3.63) is 54.2 Å². The molecule has 3 atom stereocenters. The molecule has 3 unspecified atom stereocenters. The van der Waals surface area contributed by atoms with E-state index in [1.54, 1.807) is 18.3 Å². The van der Waals surface area contributed by atoms with Crippen LogP contribution in [0.25, 0.3) is 0 Å². The summed E-state index contributed by atoms with van der Waals surface area (Å²) in [5.41, 5.74) is 0.865. The van der Waals surface area contributed by atoms with E-state index in [1.165, 1.54) is 40.4 Å². The molecule has 1 saturated carbocycles. The van der Waals surface area contributed by atoms with Gasteiger partial charge in [-0.2, -0.15) is 4.31 Å². The minimum atomic E-state index is -3.79. The lowest BCUT2D eigenvalue weighted by Crippen LogP contribution is -2.53. The number of nitrogens with zero attached hydrogens (tertiary/aromatic N) is 3. The van der Waals surface area contributed by atoms with Gasteiger partial charge in [0.15, 0.2) is 5.78 Å². The Morgan fingerprint density at radius 3 is 2.68 bits per heavy atom. The number of ketones is 1. The molecule has 0 aromatic carbocycles. The van der Waals surface area contributed by atoms with Crippen molar-refractivity contribution in [3.63, 3.8) is 0 Å². The van der Waals surface area contributed by atoms with Crippen LogP contribution in [0.15, 0.2) is 47.5 Å². The van der Waals surface area contributed by atoms with Crippen LogP contribution in [0.1, 0.15) is 60.9 Å². The summed E-state index contributed by atoms with van der Waals surface area (Å²) >= 11 is 0. The Kier molecular flexibility index (Phi) is 7.43. The van der Waals surface area contributed by atoms with Gasteiger partial charge in [0.2, 0.25) is 15.9 Å². The van der Waals surface area contributed by atoms with Gasteiger partial charge >= 0.3 is 0 Å². The molecule has 1 aliphatic carbocycles. The number of fused-ring (bicyclic) bond motifs is 1. The van der Waals surface area contributed by atoms with Crippen molar-refractivity contribution in [3.8, 4) is 0 Å². The molecule has 4 heterocycles. The molecule has 10 nitrogen and oxygen atoms in total. The molecule has 3 fully saturated rings. The summed E-state index contributed by atoms with van der Waals surface area (Å²) in [5, 5.41) is 2.87. The van der Waals surface area contributed by atoms with Gasteiger partial charge in [0.05, 0.1) is 30.2 Å². The van der Waals surface area contributed by atoms with E-state index in [0.29, 0.717) is 29.9 Å². The van der Waals surface area contributed by atoms with Gasteiger partial charge in [0.1, 0.15) is 18.3 Å². The highest BCUT2D eigenvalue weighted by Gasteiger charge is 2.54. The van der Waals surface area contributed by atoms with Crippen molar-refractivity contribution in [2.45, 2.75) is 68.8 Å². The first-order chi connectivity index (χ1) is 17.8. The quantitative estimate of drug-likeness (QED) is 0.556. The average Bonchev–Trinajstić information content (AvgIpc) is 3.63. The Bertz CT molecular complexity index is 1230. The minimum Gasteiger partial charge on any atom is -0.472 e. The predicted molar refractivity (Wildman–Crippen MR) is 134 cm³/mol. The van der Waals surface area contributed by atoms with Crippen LogP contribution in [0.5, 0.6) is 0 Å². The number of nitrogens with one attached hydrogen (secondary N) is 1. The predicted octanol–water partition coefficient (Wildman–Crippen LogP) is 2.13. The van der Waals surface area contributed by atoms with Crippen LogP contribution in [0, 0.1) is 5.92 Å². The van der Waals surface area contributed by atoms with Crippen LogP contribution in [0.4, 0.5) is 0 Å². The fourth-order valence-electron chi connectivity index (χ4n) is 5.97. The number of sulfonamides is 1. The lowest BCUT2D eigenvalue weighted by Gasteiger charge is -2.31. The fourth-order valence-corrected chi connectivity index (χ4v) is 7.69. The molecule has 5 rings (SSSR count). The second-order valence-electron chi connectivity index (χ2n) is 10.2. The molecule has 0 spiro atoms. The van der Waals surface area contributed by atoms with E-state index in [4.69, 9.17) is 4.42 Å². The standard InChI is InChI=1S/C26H32N4O6S/c31-23-15-30(37(34,35)17-19-7-4-10-27-14-19)22-8-11-29(24(22)23)26(33)21(13-18-5-2-1-3-6-18)28-25(32)20-9-12-36-16-20/h4,7,9-10,12,14,16,18,21-22,24H,1-3,5-6,8,11,13,15,17H2,(H,28,32). The van der Waals surface area contributed by atoms with Gasteiger partial charge in [-0.15, -0.1) is 0 Å². The van der Waals surface area contributed by atoms with Gasteiger partial charge < -0.3 is 14.6 Å². The molecule has 11 heteroatoms. The lowest BCUT2D eigenvalue weighted by molar-refractivity contribution is -0.138. The number of carbonyl (C=O) groups is 3. The van der Waals surface area contributed by atoms with Crippen LogP contribution in [-0.2, 0) is 25.4 Å². The molecular formula is C26H32N4O6S. The number of pyridine rings is 1. The first kappa shape index (κ1) is 25.6. The second kappa shape index (κ2) is 10.7. The maximum Gasteiger partial charge on any atom is 0.255 e. The van der Waals surface area contributed by atoms with E-state index in [-0.39, 0.29) is 30.5 Å². The molecule has 1 N–H and O–H groups in total. The highest BCUT2D eigenvalue weighted by molar-refractivity contribution is 7.88. The third-order valence-corrected chi connectivity index (χ3v) is 9.58. The monoisotopic (exact) mass is 528 g/mol. The largest absolute Gasteiger partial charge is 0.472 e. The van der Waals surface area contributed by atoms with E-state index in [2.05, 4.69) is 10.3 Å². The number of amides is 2. The third-order valence-electron chi connectivity index (χ3n) is 7.77. The topological polar surface area (TPSA) is 130 Å². The summed E-state index contributed by atoms with van der Waals surface area (Å²) in [6, 6.07) is 2.66. The van der Waals surface area contributed by atoms with E-state index < -0.39 is 34.1 Å². The molecule has 2 amide bonds. The molecule has 37 heavy (non-hydrogen) atoms. The summed E-state index contributed by atoms with van der Waals surface area (Å²) in [6.07, 6.45) is 12.0. The third kappa shape index (κ3) is 5.47. The highest BCUT2D eigenvalue weighted by Crippen LogP contribution is 2.34. The van der Waals surface area contributed by atoms with Crippen LogP contribution in [-0.4, -0.2) is 71.4 Å². The average molecular weight is 529 g/mol. The van der Waals surface area contributed by atoms with Crippen LogP contribution in [0.2, 0.25) is 0 Å². The first-order valence-electron chi connectivity index (χ1n) is 12.9. The van der Waals surface area contributed by atoms with Gasteiger partial charge in [0, 0.05) is 18.9 Å². The van der Waals surface area contributed by atoms with Crippen molar-refractivity contribution >= 4 is 27.6 Å². The number of carbonyl (C=O) groups excluding carboxylic acids is 3. The van der Waals surface area contributed by atoms with E-state index >= 15 is 0 Å².